The van der Waals surface area contributed by atoms with E-state index in [1.807, 2.05) is 6.07 Å². The van der Waals surface area contributed by atoms with Crippen molar-refractivity contribution in [3.8, 4) is 6.07 Å². The first kappa shape index (κ1) is 11.5. The van der Waals surface area contributed by atoms with Gasteiger partial charge in [-0.15, -0.1) is 0 Å². The molecule has 0 unspecified atom stereocenters. The molecule has 0 aliphatic heterocycles. The minimum absolute atomic E-state index is 0.0972. The van der Waals surface area contributed by atoms with Crippen LogP contribution in [0.4, 0.5) is 13.2 Å². The Hall–Kier alpha value is -1.57. The largest absolute Gasteiger partial charge is 0.433 e. The number of aromatic nitrogens is 1. The fourth-order valence-corrected chi connectivity index (χ4v) is 1.20. The maximum absolute atomic E-state index is 12.5. The van der Waals surface area contributed by atoms with Crippen LogP contribution in [0.5, 0.6) is 0 Å². The van der Waals surface area contributed by atoms with Gasteiger partial charge in [0.15, 0.2) is 0 Å². The molecule has 1 rings (SSSR count). The molecule has 0 saturated carbocycles. The molecular weight excluding hydrogens is 205 g/mol. The van der Waals surface area contributed by atoms with Crippen molar-refractivity contribution in [2.75, 3.05) is 0 Å². The van der Waals surface area contributed by atoms with Gasteiger partial charge < -0.3 is 0 Å². The highest BCUT2D eigenvalue weighted by Crippen LogP contribution is 2.35. The molecule has 0 bridgehead atoms. The van der Waals surface area contributed by atoms with Crippen molar-refractivity contribution in [3.63, 3.8) is 0 Å². The van der Waals surface area contributed by atoms with Crippen molar-refractivity contribution in [2.24, 2.45) is 0 Å². The number of hydrogen-bond acceptors (Lipinski definition) is 2. The Morgan fingerprint density at radius 1 is 1.33 bits per heavy atom. The normalized spacial score (nSPS) is 12.3. The molecule has 0 radical (unpaired) electrons. The predicted octanol–water partition coefficient (Wildman–Crippen LogP) is 2.90. The molecule has 0 aliphatic rings. The second-order valence-electron chi connectivity index (χ2n) is 3.63. The Morgan fingerprint density at radius 3 is 2.40 bits per heavy atom. The highest BCUT2D eigenvalue weighted by molar-refractivity contribution is 5.34. The van der Waals surface area contributed by atoms with E-state index in [2.05, 4.69) is 4.98 Å². The molecule has 5 heteroatoms. The molecule has 0 N–H and O–H groups in total. The Morgan fingerprint density at radius 2 is 1.93 bits per heavy atom. The lowest BCUT2D eigenvalue weighted by Gasteiger charge is -2.20. The minimum atomic E-state index is -4.52. The molecule has 15 heavy (non-hydrogen) atoms. The van der Waals surface area contributed by atoms with E-state index >= 15 is 0 Å². The van der Waals surface area contributed by atoms with Gasteiger partial charge in [-0.05, 0) is 19.9 Å². The van der Waals surface area contributed by atoms with Gasteiger partial charge in [0.05, 0.1) is 11.5 Å². The van der Waals surface area contributed by atoms with E-state index in [0.29, 0.717) is 0 Å². The number of nitriles is 1. The molecule has 2 nitrogen and oxygen atoms in total. The molecule has 1 aromatic rings. The number of rotatable bonds is 1. The maximum Gasteiger partial charge on any atom is 0.433 e. The molecule has 0 atom stereocenters. The van der Waals surface area contributed by atoms with Crippen molar-refractivity contribution < 1.29 is 13.2 Å². The summed E-state index contributed by atoms with van der Waals surface area (Å²) in [5.74, 6) is 0. The summed E-state index contributed by atoms with van der Waals surface area (Å²) in [7, 11) is 0. The number of hydrogen-bond donors (Lipinski definition) is 0. The van der Waals surface area contributed by atoms with Crippen LogP contribution < -0.4 is 0 Å². The molecule has 0 aromatic carbocycles. The van der Waals surface area contributed by atoms with Crippen molar-refractivity contribution in [1.29, 1.82) is 5.26 Å². The summed E-state index contributed by atoms with van der Waals surface area (Å²) in [4.78, 5) is 3.29. The smallest absolute Gasteiger partial charge is 0.251 e. The van der Waals surface area contributed by atoms with Crippen LogP contribution in [0.3, 0.4) is 0 Å². The van der Waals surface area contributed by atoms with Crippen LogP contribution in [-0.4, -0.2) is 4.98 Å². The van der Waals surface area contributed by atoms with Gasteiger partial charge in [-0.25, -0.2) is 0 Å². The zero-order chi connectivity index (χ0) is 11.7. The standard InChI is InChI=1S/C10H9F3N2/c1-9(2,6-14)7-4-3-5-15-8(7)10(11,12)13/h3-5H,1-2H3. The van der Waals surface area contributed by atoms with Gasteiger partial charge in [0.2, 0.25) is 0 Å². The lowest BCUT2D eigenvalue weighted by atomic mass is 9.85. The first-order valence-corrected chi connectivity index (χ1v) is 4.23. The second-order valence-corrected chi connectivity index (χ2v) is 3.63. The molecule has 80 valence electrons. The van der Waals surface area contributed by atoms with Gasteiger partial charge in [-0.1, -0.05) is 6.07 Å². The van der Waals surface area contributed by atoms with Crippen molar-refractivity contribution >= 4 is 0 Å². The second kappa shape index (κ2) is 3.54. The summed E-state index contributed by atoms with van der Waals surface area (Å²) >= 11 is 0. The van der Waals surface area contributed by atoms with E-state index in [9.17, 15) is 13.2 Å². The average Bonchev–Trinajstić information content (AvgIpc) is 2.16. The van der Waals surface area contributed by atoms with Crippen molar-refractivity contribution in [3.05, 3.63) is 29.6 Å². The molecule has 0 amide bonds. The first-order chi connectivity index (χ1) is 6.79. The highest BCUT2D eigenvalue weighted by atomic mass is 19.4. The number of alkyl halides is 3. The Labute approximate surface area is 85.4 Å². The quantitative estimate of drug-likeness (QED) is 0.720. The molecule has 0 saturated heterocycles. The Balaban J connectivity index is 3.39. The van der Waals surface area contributed by atoms with Crippen molar-refractivity contribution in [1.82, 2.24) is 4.98 Å². The third-order valence-electron chi connectivity index (χ3n) is 2.03. The zero-order valence-corrected chi connectivity index (χ0v) is 8.26. The predicted molar refractivity (Wildman–Crippen MR) is 47.9 cm³/mol. The van der Waals surface area contributed by atoms with E-state index in [0.717, 1.165) is 6.20 Å². The van der Waals surface area contributed by atoms with Crippen LogP contribution in [0.25, 0.3) is 0 Å². The summed E-state index contributed by atoms with van der Waals surface area (Å²) in [5.41, 5.74) is -2.28. The molecule has 0 fully saturated rings. The molecule has 1 heterocycles. The Bertz CT molecular complexity index is 402. The first-order valence-electron chi connectivity index (χ1n) is 4.23. The molecule has 0 aliphatic carbocycles. The topological polar surface area (TPSA) is 36.7 Å². The maximum atomic E-state index is 12.5. The zero-order valence-electron chi connectivity index (χ0n) is 8.26. The number of halogens is 3. The van der Waals surface area contributed by atoms with Crippen LogP contribution in [-0.2, 0) is 11.6 Å². The Kier molecular flexibility index (Phi) is 2.71. The van der Waals surface area contributed by atoms with Gasteiger partial charge in [0.25, 0.3) is 0 Å². The van der Waals surface area contributed by atoms with Gasteiger partial charge in [-0.2, -0.15) is 18.4 Å². The van der Waals surface area contributed by atoms with Gasteiger partial charge in [0, 0.05) is 11.8 Å². The van der Waals surface area contributed by atoms with Crippen LogP contribution in [0.15, 0.2) is 18.3 Å². The van der Waals surface area contributed by atoms with E-state index in [1.165, 1.54) is 26.0 Å². The van der Waals surface area contributed by atoms with Crippen molar-refractivity contribution in [2.45, 2.75) is 25.4 Å². The van der Waals surface area contributed by atoms with Crippen LogP contribution >= 0.6 is 0 Å². The monoisotopic (exact) mass is 214 g/mol. The van der Waals surface area contributed by atoms with Crippen LogP contribution in [0.1, 0.15) is 25.1 Å². The molecule has 1 aromatic heterocycles. The summed E-state index contributed by atoms with van der Waals surface area (Å²) in [5, 5.41) is 8.79. The lowest BCUT2D eigenvalue weighted by molar-refractivity contribution is -0.142. The number of pyridine rings is 1. The van der Waals surface area contributed by atoms with E-state index in [-0.39, 0.29) is 5.56 Å². The molecule has 0 spiro atoms. The third kappa shape index (κ3) is 2.27. The van der Waals surface area contributed by atoms with Crippen LogP contribution in [0, 0.1) is 11.3 Å². The minimum Gasteiger partial charge on any atom is -0.251 e. The van der Waals surface area contributed by atoms with E-state index in [4.69, 9.17) is 5.26 Å². The number of nitrogens with zero attached hydrogens (tertiary/aromatic N) is 2. The van der Waals surface area contributed by atoms with E-state index < -0.39 is 17.3 Å². The van der Waals surface area contributed by atoms with Gasteiger partial charge in [-0.3, -0.25) is 4.98 Å². The summed E-state index contributed by atoms with van der Waals surface area (Å²) in [6.45, 7) is 2.86. The lowest BCUT2D eigenvalue weighted by Crippen LogP contribution is -2.22. The summed E-state index contributed by atoms with van der Waals surface area (Å²) < 4.78 is 37.6. The van der Waals surface area contributed by atoms with Crippen LogP contribution in [0.2, 0.25) is 0 Å². The van der Waals surface area contributed by atoms with E-state index in [1.54, 1.807) is 0 Å². The van der Waals surface area contributed by atoms with Gasteiger partial charge >= 0.3 is 6.18 Å². The average molecular weight is 214 g/mol. The SMILES string of the molecule is CC(C)(C#N)c1cccnc1C(F)(F)F. The highest BCUT2D eigenvalue weighted by Gasteiger charge is 2.39. The van der Waals surface area contributed by atoms with Gasteiger partial charge in [0.1, 0.15) is 5.69 Å². The summed E-state index contributed by atoms with van der Waals surface area (Å²) in [6, 6.07) is 4.50. The fourth-order valence-electron chi connectivity index (χ4n) is 1.20. The summed E-state index contributed by atoms with van der Waals surface area (Å²) in [6.07, 6.45) is -3.45. The fraction of sp³-hybridized carbons (Fsp3) is 0.400. The molecular formula is C10H9F3N2. The third-order valence-corrected chi connectivity index (χ3v) is 2.03.